The molecule has 0 aromatic rings. The first-order valence-corrected chi connectivity index (χ1v) is 4.29. The third kappa shape index (κ3) is 4.74. The van der Waals surface area contributed by atoms with Gasteiger partial charge in [0.2, 0.25) is 0 Å². The van der Waals surface area contributed by atoms with Crippen LogP contribution in [0.15, 0.2) is 12.2 Å². The van der Waals surface area contributed by atoms with E-state index in [1.54, 1.807) is 5.92 Å². The summed E-state index contributed by atoms with van der Waals surface area (Å²) in [7, 11) is 2.17. The monoisotopic (exact) mass is 240 g/mol. The van der Waals surface area contributed by atoms with Crippen molar-refractivity contribution in [1.29, 1.82) is 0 Å². The number of allylic oxidation sites excluding steroid dienone is 1. The van der Waals surface area contributed by atoms with Crippen molar-refractivity contribution < 1.29 is 32.7 Å². The molecular weight excluding hydrogens is 223 g/mol. The van der Waals surface area contributed by atoms with Crippen LogP contribution < -0.4 is 0 Å². The summed E-state index contributed by atoms with van der Waals surface area (Å²) in [6.07, 6.45) is 7.91. The molecule has 1 rings (SSSR count). The van der Waals surface area contributed by atoms with Gasteiger partial charge in [0, 0.05) is 39.3 Å². The van der Waals surface area contributed by atoms with Crippen LogP contribution in [0.2, 0.25) is 0 Å². The van der Waals surface area contributed by atoms with Crippen molar-refractivity contribution in [3.05, 3.63) is 25.0 Å². The first-order valence-electron chi connectivity index (χ1n) is 4.29. The molecule has 67 valence electrons. The number of rotatable bonds is 2. The van der Waals surface area contributed by atoms with Gasteiger partial charge in [-0.1, -0.05) is 6.08 Å². The molecule has 1 aliphatic heterocycles. The third-order valence-corrected chi connectivity index (χ3v) is 2.01. The summed E-state index contributed by atoms with van der Waals surface area (Å²) in [5.41, 5.74) is 0. The Hall–Kier alpha value is 0.804. The van der Waals surface area contributed by atoms with E-state index in [1.165, 1.54) is 12.8 Å². The quantitative estimate of drug-likeness (QED) is 0.527. The molecule has 2 heteroatoms. The minimum absolute atomic E-state index is 0. The summed E-state index contributed by atoms with van der Waals surface area (Å²) in [5.74, 6) is 1.62. The Morgan fingerprint density at radius 1 is 1.50 bits per heavy atom. The van der Waals surface area contributed by atoms with Gasteiger partial charge in [-0.3, -0.25) is 5.92 Å². The summed E-state index contributed by atoms with van der Waals surface area (Å²) in [6.45, 7) is 6.13. The first kappa shape index (κ1) is 12.8. The maximum atomic E-state index is 3.87. The van der Waals surface area contributed by atoms with Crippen LogP contribution in [0.4, 0.5) is 0 Å². The molecule has 0 spiro atoms. The van der Waals surface area contributed by atoms with Crippen LogP contribution in [0.5, 0.6) is 0 Å². The fraction of sp³-hybridized carbons (Fsp3) is 0.600. The van der Waals surface area contributed by atoms with Crippen molar-refractivity contribution in [2.75, 3.05) is 20.1 Å². The van der Waals surface area contributed by atoms with Crippen molar-refractivity contribution >= 4 is 0 Å². The predicted molar refractivity (Wildman–Crippen MR) is 49.1 cm³/mol. The Kier molecular flexibility index (Phi) is 7.72. The second-order valence-corrected chi connectivity index (χ2v) is 3.23. The molecule has 0 unspecified atom stereocenters. The zero-order valence-electron chi connectivity index (χ0n) is 7.92. The zero-order valence-corrected chi connectivity index (χ0v) is 10.8. The van der Waals surface area contributed by atoms with Gasteiger partial charge in [-0.25, -0.2) is 12.8 Å². The second kappa shape index (κ2) is 7.23. The Balaban J connectivity index is 0.00000121. The summed E-state index contributed by atoms with van der Waals surface area (Å²) in [5, 5.41) is 0. The maximum Gasteiger partial charge on any atom is 0.0130 e. The topological polar surface area (TPSA) is 3.24 Å². The molecule has 0 saturated carbocycles. The van der Waals surface area contributed by atoms with Crippen LogP contribution in [0.3, 0.4) is 0 Å². The Labute approximate surface area is 101 Å². The average molecular weight is 240 g/mol. The van der Waals surface area contributed by atoms with Gasteiger partial charge in [-0.15, -0.1) is 12.6 Å². The molecule has 0 bridgehead atoms. The molecule has 1 nitrogen and oxygen atoms in total. The second-order valence-electron chi connectivity index (χ2n) is 3.23. The van der Waals surface area contributed by atoms with Gasteiger partial charge in [-0.2, -0.15) is 6.42 Å². The first-order chi connectivity index (χ1) is 5.33. The SMILES string of the molecule is [CH2-]CC[C-]1CC=CCN(C)C1.[Y]. The van der Waals surface area contributed by atoms with Crippen molar-refractivity contribution in [1.82, 2.24) is 4.90 Å². The number of hydrogen-bond donors (Lipinski definition) is 0. The molecule has 12 heavy (non-hydrogen) atoms. The molecular formula is C10H17NY-2. The summed E-state index contributed by atoms with van der Waals surface area (Å²) in [4.78, 5) is 2.34. The van der Waals surface area contributed by atoms with E-state index in [9.17, 15) is 0 Å². The minimum Gasteiger partial charge on any atom is -0.346 e. The van der Waals surface area contributed by atoms with Gasteiger partial charge in [0.15, 0.2) is 0 Å². The number of nitrogens with zero attached hydrogens (tertiary/aromatic N) is 1. The Morgan fingerprint density at radius 3 is 2.92 bits per heavy atom. The molecule has 0 N–H and O–H groups in total. The largest absolute Gasteiger partial charge is 0.346 e. The van der Waals surface area contributed by atoms with Crippen molar-refractivity contribution in [3.63, 3.8) is 0 Å². The number of likely N-dealkylation sites (N-methyl/N-ethyl adjacent to an activating group) is 1. The molecule has 1 radical (unpaired) electrons. The van der Waals surface area contributed by atoms with E-state index in [-0.39, 0.29) is 32.7 Å². The van der Waals surface area contributed by atoms with Crippen LogP contribution in [0.25, 0.3) is 0 Å². The van der Waals surface area contributed by atoms with Crippen LogP contribution in [0, 0.1) is 12.8 Å². The third-order valence-electron chi connectivity index (χ3n) is 2.01. The molecule has 1 aliphatic rings. The van der Waals surface area contributed by atoms with Crippen molar-refractivity contribution in [3.8, 4) is 0 Å². The normalized spacial score (nSPS) is 20.2. The van der Waals surface area contributed by atoms with Crippen LogP contribution >= 0.6 is 0 Å². The van der Waals surface area contributed by atoms with Gasteiger partial charge in [0.25, 0.3) is 0 Å². The van der Waals surface area contributed by atoms with Gasteiger partial charge < -0.3 is 11.8 Å². The Bertz CT molecular complexity index is 134. The minimum atomic E-state index is 0. The summed E-state index contributed by atoms with van der Waals surface area (Å²) >= 11 is 0. The fourth-order valence-electron chi connectivity index (χ4n) is 1.45. The number of hydrogen-bond acceptors (Lipinski definition) is 1. The standard InChI is InChI=1S/C10H17N.Y/c1-3-6-10-7-4-5-8-11(2)9-10;/h4-5H,1,3,6-9H2,2H3;/q-2;. The van der Waals surface area contributed by atoms with Gasteiger partial charge >= 0.3 is 0 Å². The molecule has 0 amide bonds. The van der Waals surface area contributed by atoms with E-state index in [1.807, 2.05) is 0 Å². The van der Waals surface area contributed by atoms with E-state index in [0.29, 0.717) is 0 Å². The van der Waals surface area contributed by atoms with Crippen molar-refractivity contribution in [2.45, 2.75) is 19.3 Å². The van der Waals surface area contributed by atoms with Crippen LogP contribution in [-0.4, -0.2) is 25.0 Å². The molecule has 0 fully saturated rings. The smallest absolute Gasteiger partial charge is 0.0130 e. The van der Waals surface area contributed by atoms with Gasteiger partial charge in [0.1, 0.15) is 0 Å². The van der Waals surface area contributed by atoms with E-state index in [0.717, 1.165) is 19.5 Å². The summed E-state index contributed by atoms with van der Waals surface area (Å²) < 4.78 is 0. The Morgan fingerprint density at radius 2 is 2.25 bits per heavy atom. The molecule has 1 heterocycles. The maximum absolute atomic E-state index is 3.87. The average Bonchev–Trinajstić information content (AvgIpc) is 2.15. The molecule has 0 aromatic heterocycles. The van der Waals surface area contributed by atoms with Crippen LogP contribution in [-0.2, 0) is 32.7 Å². The predicted octanol–water partition coefficient (Wildman–Crippen LogP) is 2.06. The zero-order chi connectivity index (χ0) is 8.10. The van der Waals surface area contributed by atoms with E-state index < -0.39 is 0 Å². The van der Waals surface area contributed by atoms with E-state index in [2.05, 4.69) is 31.0 Å². The van der Waals surface area contributed by atoms with Gasteiger partial charge in [-0.05, 0) is 7.05 Å². The van der Waals surface area contributed by atoms with Crippen LogP contribution in [0.1, 0.15) is 19.3 Å². The molecule has 0 atom stereocenters. The summed E-state index contributed by atoms with van der Waals surface area (Å²) in [6, 6.07) is 0. The van der Waals surface area contributed by atoms with Crippen molar-refractivity contribution in [2.24, 2.45) is 0 Å². The fourth-order valence-corrected chi connectivity index (χ4v) is 1.45. The molecule has 0 aromatic carbocycles. The van der Waals surface area contributed by atoms with E-state index >= 15 is 0 Å². The van der Waals surface area contributed by atoms with E-state index in [4.69, 9.17) is 0 Å². The van der Waals surface area contributed by atoms with Gasteiger partial charge in [0.05, 0.1) is 0 Å². The molecule has 0 saturated heterocycles. The molecule has 0 aliphatic carbocycles.